The van der Waals surface area contributed by atoms with E-state index in [2.05, 4.69) is 0 Å². The summed E-state index contributed by atoms with van der Waals surface area (Å²) in [5, 5.41) is 21.7. The largest absolute Gasteiger partial charge is 0.491 e. The standard InChI is InChI=1S/C20H24N2O9/c23-21(24)17-6-7-20(19(16-17)22(25)26)31-15-13-29-11-9-27-8-10-28-12-14-30-18-4-2-1-3-5-18/h1-7,16H,8-15H2. The lowest BCUT2D eigenvalue weighted by Crippen LogP contribution is -2.14. The lowest BCUT2D eigenvalue weighted by Gasteiger charge is -2.09. The van der Waals surface area contributed by atoms with Crippen molar-refractivity contribution in [2.75, 3.05) is 52.9 Å². The van der Waals surface area contributed by atoms with Gasteiger partial charge in [0.05, 0.1) is 55.6 Å². The molecule has 0 fully saturated rings. The molecule has 0 radical (unpaired) electrons. The molecule has 168 valence electrons. The van der Waals surface area contributed by atoms with Crippen LogP contribution in [0.15, 0.2) is 48.5 Å². The number of non-ortho nitro benzene ring substituents is 1. The predicted molar refractivity (Wildman–Crippen MR) is 110 cm³/mol. The molecule has 0 atom stereocenters. The van der Waals surface area contributed by atoms with Crippen molar-refractivity contribution in [2.45, 2.75) is 0 Å². The molecule has 11 nitrogen and oxygen atoms in total. The minimum absolute atomic E-state index is 0.0520. The lowest BCUT2D eigenvalue weighted by atomic mass is 10.2. The average molecular weight is 436 g/mol. The summed E-state index contributed by atoms with van der Waals surface area (Å²) in [6.07, 6.45) is 0. The van der Waals surface area contributed by atoms with E-state index in [9.17, 15) is 20.2 Å². The maximum atomic E-state index is 11.0. The number of hydrogen-bond donors (Lipinski definition) is 0. The van der Waals surface area contributed by atoms with Gasteiger partial charge in [0.15, 0.2) is 5.75 Å². The Balaban J connectivity index is 1.46. The Bertz CT molecular complexity index is 818. The molecule has 0 N–H and O–H groups in total. The van der Waals surface area contributed by atoms with E-state index >= 15 is 0 Å². The average Bonchev–Trinajstić information content (AvgIpc) is 2.77. The van der Waals surface area contributed by atoms with Gasteiger partial charge in [-0.15, -0.1) is 0 Å². The van der Waals surface area contributed by atoms with Crippen LogP contribution >= 0.6 is 0 Å². The Morgan fingerprint density at radius 1 is 0.645 bits per heavy atom. The van der Waals surface area contributed by atoms with E-state index in [4.69, 9.17) is 23.7 Å². The van der Waals surface area contributed by atoms with Gasteiger partial charge >= 0.3 is 5.69 Å². The fourth-order valence-corrected chi connectivity index (χ4v) is 2.37. The molecule has 11 heteroatoms. The number of nitrogens with zero attached hydrogens (tertiary/aromatic N) is 2. The molecule has 0 aromatic heterocycles. The SMILES string of the molecule is O=[N+]([O-])c1ccc(OCCOCCOCCOCCOc2ccccc2)c([N+](=O)[O-])c1. The molecule has 2 aromatic carbocycles. The molecule has 0 aliphatic rings. The van der Waals surface area contributed by atoms with Crippen molar-refractivity contribution in [1.29, 1.82) is 0 Å². The molecule has 2 rings (SSSR count). The van der Waals surface area contributed by atoms with Crippen LogP contribution in [0.3, 0.4) is 0 Å². The number of nitro benzene ring substituents is 2. The second-order valence-electron chi connectivity index (χ2n) is 6.01. The van der Waals surface area contributed by atoms with Crippen molar-refractivity contribution in [3.05, 3.63) is 68.8 Å². The molecule has 0 amide bonds. The molecule has 0 aliphatic carbocycles. The van der Waals surface area contributed by atoms with Crippen molar-refractivity contribution in [3.63, 3.8) is 0 Å². The zero-order valence-electron chi connectivity index (χ0n) is 16.8. The van der Waals surface area contributed by atoms with E-state index in [-0.39, 0.29) is 24.7 Å². The topological polar surface area (TPSA) is 132 Å². The van der Waals surface area contributed by atoms with Gasteiger partial charge < -0.3 is 23.7 Å². The number of benzene rings is 2. The molecular weight excluding hydrogens is 412 g/mol. The summed E-state index contributed by atoms with van der Waals surface area (Å²) >= 11 is 0. The van der Waals surface area contributed by atoms with E-state index < -0.39 is 15.5 Å². The molecule has 0 spiro atoms. The van der Waals surface area contributed by atoms with E-state index in [0.717, 1.165) is 17.9 Å². The highest BCUT2D eigenvalue weighted by molar-refractivity contribution is 5.53. The summed E-state index contributed by atoms with van der Waals surface area (Å²) in [6, 6.07) is 12.7. The molecule has 0 bridgehead atoms. The Hall–Kier alpha value is -3.28. The molecule has 2 aromatic rings. The number of para-hydroxylation sites is 1. The van der Waals surface area contributed by atoms with Crippen LogP contribution in [-0.2, 0) is 14.2 Å². The first-order valence-corrected chi connectivity index (χ1v) is 9.54. The van der Waals surface area contributed by atoms with E-state index in [1.54, 1.807) is 0 Å². The van der Waals surface area contributed by atoms with Crippen LogP contribution < -0.4 is 9.47 Å². The Morgan fingerprint density at radius 3 is 1.74 bits per heavy atom. The summed E-state index contributed by atoms with van der Waals surface area (Å²) in [6.45, 7) is 2.70. The summed E-state index contributed by atoms with van der Waals surface area (Å²) in [7, 11) is 0. The second-order valence-corrected chi connectivity index (χ2v) is 6.01. The van der Waals surface area contributed by atoms with Crippen LogP contribution in [0.25, 0.3) is 0 Å². The van der Waals surface area contributed by atoms with Gasteiger partial charge in [0, 0.05) is 6.07 Å². The smallest absolute Gasteiger partial charge is 0.317 e. The van der Waals surface area contributed by atoms with Gasteiger partial charge in [0.1, 0.15) is 19.0 Å². The molecular formula is C20H24N2O9. The first kappa shape index (κ1) is 24.0. The van der Waals surface area contributed by atoms with Gasteiger partial charge in [-0.2, -0.15) is 0 Å². The third-order valence-corrected chi connectivity index (χ3v) is 3.82. The molecule has 31 heavy (non-hydrogen) atoms. The molecule has 0 saturated carbocycles. The van der Waals surface area contributed by atoms with Crippen LogP contribution in [0.5, 0.6) is 11.5 Å². The third kappa shape index (κ3) is 9.38. The summed E-state index contributed by atoms with van der Waals surface area (Å²) in [5.41, 5.74) is -0.841. The van der Waals surface area contributed by atoms with Crippen LogP contribution in [0.2, 0.25) is 0 Å². The summed E-state index contributed by atoms with van der Waals surface area (Å²) in [5.74, 6) is 0.746. The highest BCUT2D eigenvalue weighted by atomic mass is 16.6. The van der Waals surface area contributed by atoms with Gasteiger partial charge in [0.25, 0.3) is 5.69 Å². The zero-order chi connectivity index (χ0) is 22.3. The van der Waals surface area contributed by atoms with Crippen molar-refractivity contribution in [2.24, 2.45) is 0 Å². The second kappa shape index (κ2) is 13.9. The van der Waals surface area contributed by atoms with Gasteiger partial charge in [-0.05, 0) is 18.2 Å². The van der Waals surface area contributed by atoms with Crippen molar-refractivity contribution in [1.82, 2.24) is 0 Å². The van der Waals surface area contributed by atoms with Crippen LogP contribution in [0.1, 0.15) is 0 Å². The minimum atomic E-state index is -0.729. The Kier molecular flexibility index (Phi) is 10.7. The van der Waals surface area contributed by atoms with E-state index in [1.165, 1.54) is 6.07 Å². The molecule has 0 unspecified atom stereocenters. The molecule has 0 saturated heterocycles. The minimum Gasteiger partial charge on any atom is -0.491 e. The molecule has 0 aliphatic heterocycles. The third-order valence-electron chi connectivity index (χ3n) is 3.82. The highest BCUT2D eigenvalue weighted by Crippen LogP contribution is 2.30. The van der Waals surface area contributed by atoms with Crippen molar-refractivity contribution < 1.29 is 33.5 Å². The van der Waals surface area contributed by atoms with Crippen LogP contribution in [-0.4, -0.2) is 62.7 Å². The van der Waals surface area contributed by atoms with E-state index in [0.29, 0.717) is 39.6 Å². The van der Waals surface area contributed by atoms with Gasteiger partial charge in [-0.1, -0.05) is 18.2 Å². The first-order valence-electron chi connectivity index (χ1n) is 9.54. The quantitative estimate of drug-likeness (QED) is 0.221. The maximum Gasteiger partial charge on any atom is 0.317 e. The van der Waals surface area contributed by atoms with Crippen LogP contribution in [0, 0.1) is 20.2 Å². The van der Waals surface area contributed by atoms with Gasteiger partial charge in [0.2, 0.25) is 0 Å². The van der Waals surface area contributed by atoms with Crippen molar-refractivity contribution >= 4 is 11.4 Å². The monoisotopic (exact) mass is 436 g/mol. The Morgan fingerprint density at radius 2 is 1.19 bits per heavy atom. The summed E-state index contributed by atoms with van der Waals surface area (Å²) < 4.78 is 26.9. The highest BCUT2D eigenvalue weighted by Gasteiger charge is 2.20. The normalized spacial score (nSPS) is 10.6. The number of nitro groups is 2. The number of hydrogen-bond acceptors (Lipinski definition) is 9. The zero-order valence-corrected chi connectivity index (χ0v) is 16.8. The van der Waals surface area contributed by atoms with Crippen molar-refractivity contribution in [3.8, 4) is 11.5 Å². The number of ether oxygens (including phenoxy) is 5. The fourth-order valence-electron chi connectivity index (χ4n) is 2.37. The van der Waals surface area contributed by atoms with Gasteiger partial charge in [-0.25, -0.2) is 0 Å². The fraction of sp³-hybridized carbons (Fsp3) is 0.400. The maximum absolute atomic E-state index is 11.0. The van der Waals surface area contributed by atoms with E-state index in [1.807, 2.05) is 30.3 Å². The Labute approximate surface area is 178 Å². The lowest BCUT2D eigenvalue weighted by molar-refractivity contribution is -0.394. The van der Waals surface area contributed by atoms with Gasteiger partial charge in [-0.3, -0.25) is 20.2 Å². The first-order chi connectivity index (χ1) is 15.1. The molecule has 0 heterocycles. The van der Waals surface area contributed by atoms with Crippen LogP contribution in [0.4, 0.5) is 11.4 Å². The summed E-state index contributed by atoms with van der Waals surface area (Å²) in [4.78, 5) is 20.3. The number of rotatable bonds is 16. The predicted octanol–water partition coefficient (Wildman–Crippen LogP) is 3.01.